The van der Waals surface area contributed by atoms with Crippen LogP contribution in [0, 0.1) is 0 Å². The van der Waals surface area contributed by atoms with Crippen LogP contribution in [0.4, 0.5) is 0 Å². The number of halogens is 1. The van der Waals surface area contributed by atoms with E-state index in [1.54, 1.807) is 10.7 Å². The Morgan fingerprint density at radius 1 is 1.25 bits per heavy atom. The molecule has 3 nitrogen and oxygen atoms in total. The van der Waals surface area contributed by atoms with E-state index in [2.05, 4.69) is 30.9 Å². The second kappa shape index (κ2) is 3.91. The minimum atomic E-state index is 0.0941. The quantitative estimate of drug-likeness (QED) is 0.711. The van der Waals surface area contributed by atoms with Gasteiger partial charge in [0.05, 0.1) is 6.20 Å². The van der Waals surface area contributed by atoms with Gasteiger partial charge in [0, 0.05) is 6.20 Å². The van der Waals surface area contributed by atoms with Crippen LogP contribution in [-0.2, 0) is 5.41 Å². The Hall–Kier alpha value is -1.35. The van der Waals surface area contributed by atoms with Gasteiger partial charge in [-0.25, -0.2) is 9.67 Å². The maximum absolute atomic E-state index is 5.84. The van der Waals surface area contributed by atoms with Crippen LogP contribution in [0.2, 0.25) is 5.15 Å². The molecule has 0 radical (unpaired) electrons. The summed E-state index contributed by atoms with van der Waals surface area (Å²) in [5.74, 6) is 0.739. The Labute approximate surface area is 100 Å². The summed E-state index contributed by atoms with van der Waals surface area (Å²) in [6, 6.07) is 5.49. The fourth-order valence-electron chi connectivity index (χ4n) is 1.36. The molecule has 0 amide bonds. The fourth-order valence-corrected chi connectivity index (χ4v) is 1.52. The highest BCUT2D eigenvalue weighted by molar-refractivity contribution is 6.29. The van der Waals surface area contributed by atoms with E-state index in [4.69, 9.17) is 11.6 Å². The van der Waals surface area contributed by atoms with Crippen LogP contribution < -0.4 is 0 Å². The van der Waals surface area contributed by atoms with E-state index in [9.17, 15) is 0 Å². The van der Waals surface area contributed by atoms with Crippen LogP contribution in [0.25, 0.3) is 5.82 Å². The summed E-state index contributed by atoms with van der Waals surface area (Å²) < 4.78 is 1.74. The van der Waals surface area contributed by atoms with Gasteiger partial charge in [-0.2, -0.15) is 5.10 Å². The normalized spacial score (nSPS) is 11.8. The second-order valence-corrected chi connectivity index (χ2v) is 5.13. The molecule has 16 heavy (non-hydrogen) atoms. The van der Waals surface area contributed by atoms with E-state index in [0.29, 0.717) is 5.15 Å². The van der Waals surface area contributed by atoms with Crippen LogP contribution in [0.15, 0.2) is 30.6 Å². The van der Waals surface area contributed by atoms with Gasteiger partial charge in [0.15, 0.2) is 5.82 Å². The third-order valence-electron chi connectivity index (χ3n) is 2.38. The van der Waals surface area contributed by atoms with Crippen molar-refractivity contribution in [2.75, 3.05) is 0 Å². The zero-order chi connectivity index (χ0) is 11.8. The summed E-state index contributed by atoms with van der Waals surface area (Å²) in [5, 5.41) is 4.77. The van der Waals surface area contributed by atoms with Crippen molar-refractivity contribution < 1.29 is 0 Å². The molecule has 0 aliphatic heterocycles. The van der Waals surface area contributed by atoms with E-state index in [-0.39, 0.29) is 5.41 Å². The van der Waals surface area contributed by atoms with E-state index >= 15 is 0 Å². The van der Waals surface area contributed by atoms with Gasteiger partial charge in [-0.3, -0.25) is 0 Å². The minimum absolute atomic E-state index is 0.0941. The highest BCUT2D eigenvalue weighted by Crippen LogP contribution is 2.22. The third-order valence-corrected chi connectivity index (χ3v) is 2.59. The predicted octanol–water partition coefficient (Wildman–Crippen LogP) is 3.22. The van der Waals surface area contributed by atoms with Crippen LogP contribution in [0.1, 0.15) is 26.3 Å². The maximum atomic E-state index is 5.84. The molecule has 0 aliphatic rings. The van der Waals surface area contributed by atoms with Crippen LogP contribution in [-0.4, -0.2) is 14.8 Å². The molecule has 2 rings (SSSR count). The Morgan fingerprint density at radius 3 is 2.56 bits per heavy atom. The monoisotopic (exact) mass is 235 g/mol. The molecule has 0 aliphatic carbocycles. The average molecular weight is 236 g/mol. The SMILES string of the molecule is CC(C)(C)c1cnn(-c2cccc(Cl)n2)c1. The first kappa shape index (κ1) is 11.1. The molecule has 2 heterocycles. The zero-order valence-corrected chi connectivity index (χ0v) is 10.4. The Morgan fingerprint density at radius 2 is 2.00 bits per heavy atom. The molecule has 0 atom stereocenters. The lowest BCUT2D eigenvalue weighted by atomic mass is 9.90. The molecular weight excluding hydrogens is 222 g/mol. The number of hydrogen-bond acceptors (Lipinski definition) is 2. The van der Waals surface area contributed by atoms with E-state index in [1.165, 1.54) is 5.56 Å². The van der Waals surface area contributed by atoms with Gasteiger partial charge < -0.3 is 0 Å². The lowest BCUT2D eigenvalue weighted by Gasteiger charge is -2.14. The number of pyridine rings is 1. The molecule has 0 spiro atoms. The second-order valence-electron chi connectivity index (χ2n) is 4.74. The van der Waals surface area contributed by atoms with Gasteiger partial charge in [-0.1, -0.05) is 38.4 Å². The molecule has 0 unspecified atom stereocenters. The molecule has 0 bridgehead atoms. The van der Waals surface area contributed by atoms with Gasteiger partial charge in [0.1, 0.15) is 5.15 Å². The Balaban J connectivity index is 2.39. The van der Waals surface area contributed by atoms with Crippen molar-refractivity contribution in [3.05, 3.63) is 41.3 Å². The number of rotatable bonds is 1. The summed E-state index contributed by atoms with van der Waals surface area (Å²) >= 11 is 5.84. The number of hydrogen-bond donors (Lipinski definition) is 0. The first-order valence-electron chi connectivity index (χ1n) is 5.15. The standard InChI is InChI=1S/C12H14ClN3/c1-12(2,3)9-7-14-16(8-9)11-6-4-5-10(13)15-11/h4-8H,1-3H3. The molecular formula is C12H14ClN3. The van der Waals surface area contributed by atoms with Crippen LogP contribution >= 0.6 is 11.6 Å². The maximum Gasteiger partial charge on any atom is 0.155 e. The van der Waals surface area contributed by atoms with Gasteiger partial charge in [0.25, 0.3) is 0 Å². The molecule has 4 heteroatoms. The van der Waals surface area contributed by atoms with Crippen molar-refractivity contribution in [1.29, 1.82) is 0 Å². The molecule has 2 aromatic rings. The largest absolute Gasteiger partial charge is 0.222 e. The van der Waals surface area contributed by atoms with Gasteiger partial charge in [-0.15, -0.1) is 0 Å². The summed E-state index contributed by atoms with van der Waals surface area (Å²) in [4.78, 5) is 4.20. The van der Waals surface area contributed by atoms with Crippen molar-refractivity contribution in [1.82, 2.24) is 14.8 Å². The van der Waals surface area contributed by atoms with Crippen molar-refractivity contribution in [2.24, 2.45) is 0 Å². The minimum Gasteiger partial charge on any atom is -0.222 e. The van der Waals surface area contributed by atoms with Crippen molar-refractivity contribution >= 4 is 11.6 Å². The topological polar surface area (TPSA) is 30.7 Å². The van der Waals surface area contributed by atoms with Gasteiger partial charge in [-0.05, 0) is 23.1 Å². The van der Waals surface area contributed by atoms with E-state index in [0.717, 1.165) is 5.82 Å². The lowest BCUT2D eigenvalue weighted by Crippen LogP contribution is -2.09. The van der Waals surface area contributed by atoms with Gasteiger partial charge >= 0.3 is 0 Å². The Bertz CT molecular complexity index is 497. The van der Waals surface area contributed by atoms with Crippen molar-refractivity contribution in [2.45, 2.75) is 26.2 Å². The molecule has 84 valence electrons. The summed E-state index contributed by atoms with van der Waals surface area (Å²) in [6.07, 6.45) is 3.85. The summed E-state index contributed by atoms with van der Waals surface area (Å²) in [6.45, 7) is 6.46. The highest BCUT2D eigenvalue weighted by Gasteiger charge is 2.16. The van der Waals surface area contributed by atoms with E-state index < -0.39 is 0 Å². The highest BCUT2D eigenvalue weighted by atomic mass is 35.5. The number of aromatic nitrogens is 3. The van der Waals surface area contributed by atoms with Crippen molar-refractivity contribution in [3.8, 4) is 5.82 Å². The smallest absolute Gasteiger partial charge is 0.155 e. The molecule has 0 saturated carbocycles. The average Bonchev–Trinajstić information content (AvgIpc) is 2.65. The predicted molar refractivity (Wildman–Crippen MR) is 65.1 cm³/mol. The summed E-state index contributed by atoms with van der Waals surface area (Å²) in [7, 11) is 0. The molecule has 0 fully saturated rings. The van der Waals surface area contributed by atoms with E-state index in [1.807, 2.05) is 24.5 Å². The third kappa shape index (κ3) is 2.25. The first-order valence-corrected chi connectivity index (χ1v) is 5.53. The molecule has 0 aromatic carbocycles. The molecule has 2 aromatic heterocycles. The fraction of sp³-hybridized carbons (Fsp3) is 0.333. The van der Waals surface area contributed by atoms with Crippen LogP contribution in [0.3, 0.4) is 0 Å². The van der Waals surface area contributed by atoms with Gasteiger partial charge in [0.2, 0.25) is 0 Å². The molecule has 0 N–H and O–H groups in total. The number of nitrogens with zero attached hydrogens (tertiary/aromatic N) is 3. The Kier molecular flexibility index (Phi) is 2.72. The summed E-state index contributed by atoms with van der Waals surface area (Å²) in [5.41, 5.74) is 1.27. The zero-order valence-electron chi connectivity index (χ0n) is 9.61. The lowest BCUT2D eigenvalue weighted by molar-refractivity contribution is 0.590. The van der Waals surface area contributed by atoms with Crippen LogP contribution in [0.5, 0.6) is 0 Å². The first-order chi connectivity index (χ1) is 7.47. The molecule has 0 saturated heterocycles. The van der Waals surface area contributed by atoms with Crippen molar-refractivity contribution in [3.63, 3.8) is 0 Å².